The number of anilines is 1. The molecule has 0 aliphatic rings. The molecule has 0 saturated carbocycles. The first-order chi connectivity index (χ1) is 12.9. The molecule has 0 saturated heterocycles. The number of aryl methyl sites for hydroxylation is 1. The summed E-state index contributed by atoms with van der Waals surface area (Å²) < 4.78 is 10.1. The van der Waals surface area contributed by atoms with Crippen molar-refractivity contribution in [2.75, 3.05) is 5.32 Å². The number of rotatable bonds is 6. The number of amides is 2. The van der Waals surface area contributed by atoms with Crippen LogP contribution < -0.4 is 10.6 Å². The molecule has 0 aliphatic heterocycles. The molecule has 2 aromatic heterocycles. The van der Waals surface area contributed by atoms with E-state index in [0.717, 1.165) is 5.56 Å². The Hall–Kier alpha value is -3.13. The highest BCUT2D eigenvalue weighted by molar-refractivity contribution is 6.30. The number of hydrogen-bond donors (Lipinski definition) is 2. The van der Waals surface area contributed by atoms with Crippen LogP contribution in [0.2, 0.25) is 5.02 Å². The Bertz CT molecular complexity index is 948. The van der Waals surface area contributed by atoms with Gasteiger partial charge in [0, 0.05) is 22.7 Å². The molecule has 27 heavy (non-hydrogen) atoms. The zero-order valence-electron chi connectivity index (χ0n) is 14.7. The van der Waals surface area contributed by atoms with Crippen LogP contribution in [0.15, 0.2) is 45.4 Å². The van der Waals surface area contributed by atoms with Crippen molar-refractivity contribution in [1.82, 2.24) is 15.6 Å². The van der Waals surface area contributed by atoms with Gasteiger partial charge in [0.05, 0.1) is 12.1 Å². The minimum atomic E-state index is -0.753. The van der Waals surface area contributed by atoms with E-state index < -0.39 is 11.9 Å². The lowest BCUT2D eigenvalue weighted by molar-refractivity contribution is -0.125. The molecular weight excluding hydrogens is 372 g/mol. The molecule has 1 atom stereocenters. The van der Waals surface area contributed by atoms with Crippen LogP contribution in [0.1, 0.15) is 18.4 Å². The summed E-state index contributed by atoms with van der Waals surface area (Å²) >= 11 is 5.86. The smallest absolute Gasteiger partial charge is 0.247 e. The van der Waals surface area contributed by atoms with Gasteiger partial charge in [0.25, 0.3) is 0 Å². The third-order valence-electron chi connectivity index (χ3n) is 3.68. The van der Waals surface area contributed by atoms with Gasteiger partial charge in [-0.1, -0.05) is 21.9 Å². The third-order valence-corrected chi connectivity index (χ3v) is 3.93. The van der Waals surface area contributed by atoms with Crippen molar-refractivity contribution in [2.24, 2.45) is 0 Å². The fraction of sp³-hybridized carbons (Fsp3) is 0.222. The van der Waals surface area contributed by atoms with Crippen LogP contribution in [0.25, 0.3) is 11.3 Å². The highest BCUT2D eigenvalue weighted by Gasteiger charge is 2.18. The molecule has 2 amide bonds. The number of nitrogens with zero attached hydrogens (tertiary/aromatic N) is 2. The lowest BCUT2D eigenvalue weighted by Crippen LogP contribution is -2.42. The first kappa shape index (κ1) is 18.7. The number of benzene rings is 1. The zero-order valence-corrected chi connectivity index (χ0v) is 15.4. The largest absolute Gasteiger partial charge is 0.360 e. The minimum Gasteiger partial charge on any atom is -0.360 e. The number of carbonyl (C=O) groups is 2. The molecule has 2 heterocycles. The molecule has 1 aromatic carbocycles. The molecule has 0 spiro atoms. The maximum absolute atomic E-state index is 12.1. The Kier molecular flexibility index (Phi) is 5.56. The Balaban J connectivity index is 1.54. The summed E-state index contributed by atoms with van der Waals surface area (Å²) in [6.07, 6.45) is -0.0161. The van der Waals surface area contributed by atoms with Crippen LogP contribution in [0, 0.1) is 6.92 Å². The highest BCUT2D eigenvalue weighted by atomic mass is 35.5. The summed E-state index contributed by atoms with van der Waals surface area (Å²) in [4.78, 5) is 24.2. The first-order valence-corrected chi connectivity index (χ1v) is 8.53. The van der Waals surface area contributed by atoms with Gasteiger partial charge < -0.3 is 19.7 Å². The van der Waals surface area contributed by atoms with E-state index in [1.807, 2.05) is 0 Å². The maximum atomic E-state index is 12.1. The van der Waals surface area contributed by atoms with Crippen LogP contribution in [-0.4, -0.2) is 28.2 Å². The number of nitrogens with one attached hydrogen (secondary N) is 2. The zero-order chi connectivity index (χ0) is 19.4. The van der Waals surface area contributed by atoms with Gasteiger partial charge in [0.1, 0.15) is 11.8 Å². The molecule has 0 aliphatic carbocycles. The third kappa shape index (κ3) is 4.95. The number of hydrogen-bond acceptors (Lipinski definition) is 6. The quantitative estimate of drug-likeness (QED) is 0.671. The molecule has 0 fully saturated rings. The lowest BCUT2D eigenvalue weighted by atomic mass is 10.1. The average Bonchev–Trinajstić information content (AvgIpc) is 3.24. The van der Waals surface area contributed by atoms with E-state index in [9.17, 15) is 9.59 Å². The van der Waals surface area contributed by atoms with Crippen molar-refractivity contribution in [1.29, 1.82) is 0 Å². The van der Waals surface area contributed by atoms with Crippen molar-refractivity contribution in [3.8, 4) is 11.3 Å². The van der Waals surface area contributed by atoms with E-state index in [0.29, 0.717) is 28.1 Å². The van der Waals surface area contributed by atoms with Crippen molar-refractivity contribution in [3.05, 3.63) is 52.9 Å². The molecule has 8 nitrogen and oxygen atoms in total. The second kappa shape index (κ2) is 8.05. The van der Waals surface area contributed by atoms with Crippen LogP contribution in [0.5, 0.6) is 0 Å². The van der Waals surface area contributed by atoms with E-state index >= 15 is 0 Å². The lowest BCUT2D eigenvalue weighted by Gasteiger charge is -2.12. The fourth-order valence-electron chi connectivity index (χ4n) is 2.33. The van der Waals surface area contributed by atoms with Crippen molar-refractivity contribution in [3.63, 3.8) is 0 Å². The molecular formula is C18H17ClN4O4. The molecule has 0 radical (unpaired) electrons. The van der Waals surface area contributed by atoms with Gasteiger partial charge in [-0.3, -0.25) is 9.59 Å². The van der Waals surface area contributed by atoms with Gasteiger partial charge in [-0.2, -0.15) is 0 Å². The monoisotopic (exact) mass is 388 g/mol. The topological polar surface area (TPSA) is 110 Å². The normalized spacial score (nSPS) is 11.8. The maximum Gasteiger partial charge on any atom is 0.247 e. The Morgan fingerprint density at radius 1 is 1.15 bits per heavy atom. The van der Waals surface area contributed by atoms with Crippen LogP contribution in [0.3, 0.4) is 0 Å². The molecule has 2 N–H and O–H groups in total. The summed E-state index contributed by atoms with van der Waals surface area (Å²) in [5, 5.41) is 13.3. The predicted molar refractivity (Wildman–Crippen MR) is 98.1 cm³/mol. The first-order valence-electron chi connectivity index (χ1n) is 8.16. The molecule has 140 valence electrons. The number of aromatic nitrogens is 2. The summed E-state index contributed by atoms with van der Waals surface area (Å²) in [7, 11) is 0. The summed E-state index contributed by atoms with van der Waals surface area (Å²) in [6.45, 7) is 3.28. The fourth-order valence-corrected chi connectivity index (χ4v) is 2.45. The molecule has 3 aromatic rings. The van der Waals surface area contributed by atoms with Crippen molar-refractivity contribution >= 4 is 29.2 Å². The van der Waals surface area contributed by atoms with Gasteiger partial charge in [-0.15, -0.1) is 0 Å². The Labute approximate surface area is 159 Å². The second-order valence-corrected chi connectivity index (χ2v) is 6.40. The number of halogens is 1. The van der Waals surface area contributed by atoms with Crippen LogP contribution in [0.4, 0.5) is 5.82 Å². The average molecular weight is 389 g/mol. The predicted octanol–water partition coefficient (Wildman–Crippen LogP) is 2.98. The standard InChI is InChI=1S/C18H17ClN4O4/c1-10-7-16(23-26-10)21-18(25)11(2)20-17(24)9-14-8-15(27-22-14)12-3-5-13(19)6-4-12/h3-8,11H,9H2,1-2H3,(H,20,24)(H,21,23,25)/t11-/m0/s1. The van der Waals surface area contributed by atoms with Crippen LogP contribution in [-0.2, 0) is 16.0 Å². The van der Waals surface area contributed by atoms with E-state index in [-0.39, 0.29) is 12.3 Å². The van der Waals surface area contributed by atoms with Gasteiger partial charge in [-0.25, -0.2) is 0 Å². The second-order valence-electron chi connectivity index (χ2n) is 5.97. The van der Waals surface area contributed by atoms with Gasteiger partial charge >= 0.3 is 0 Å². The van der Waals surface area contributed by atoms with Gasteiger partial charge in [0.15, 0.2) is 11.6 Å². The molecule has 0 unspecified atom stereocenters. The summed E-state index contributed by atoms with van der Waals surface area (Å²) in [6, 6.07) is 9.57. The molecule has 9 heteroatoms. The van der Waals surface area contributed by atoms with Crippen molar-refractivity contribution < 1.29 is 18.6 Å². The summed E-state index contributed by atoms with van der Waals surface area (Å²) in [5.41, 5.74) is 1.26. The number of carbonyl (C=O) groups excluding carboxylic acids is 2. The molecule has 0 bridgehead atoms. The molecule has 3 rings (SSSR count). The minimum absolute atomic E-state index is 0.0161. The van der Waals surface area contributed by atoms with E-state index in [1.54, 1.807) is 50.2 Å². The van der Waals surface area contributed by atoms with E-state index in [1.165, 1.54) is 0 Å². The Morgan fingerprint density at radius 3 is 2.56 bits per heavy atom. The summed E-state index contributed by atoms with van der Waals surface area (Å²) in [5.74, 6) is 0.637. The van der Waals surface area contributed by atoms with Gasteiger partial charge in [-0.05, 0) is 38.1 Å². The van der Waals surface area contributed by atoms with Gasteiger partial charge in [0.2, 0.25) is 11.8 Å². The van der Waals surface area contributed by atoms with Crippen LogP contribution >= 0.6 is 11.6 Å². The highest BCUT2D eigenvalue weighted by Crippen LogP contribution is 2.22. The van der Waals surface area contributed by atoms with E-state index in [4.69, 9.17) is 20.6 Å². The van der Waals surface area contributed by atoms with Crippen molar-refractivity contribution in [2.45, 2.75) is 26.3 Å². The SMILES string of the molecule is Cc1cc(NC(=O)[C@H](C)NC(=O)Cc2cc(-c3ccc(Cl)cc3)on2)no1. The van der Waals surface area contributed by atoms with E-state index in [2.05, 4.69) is 20.9 Å². The Morgan fingerprint density at radius 2 is 1.89 bits per heavy atom.